The lowest BCUT2D eigenvalue weighted by Crippen LogP contribution is -2.12. The molecule has 0 aliphatic heterocycles. The molecule has 4 nitrogen and oxygen atoms in total. The highest BCUT2D eigenvalue weighted by Gasteiger charge is 2.10. The first-order valence-corrected chi connectivity index (χ1v) is 7.81. The van der Waals surface area contributed by atoms with Crippen molar-refractivity contribution < 1.29 is 4.79 Å². The summed E-state index contributed by atoms with van der Waals surface area (Å²) in [6, 6.07) is 5.64. The molecule has 0 unspecified atom stereocenters. The van der Waals surface area contributed by atoms with E-state index in [9.17, 15) is 4.79 Å². The first kappa shape index (κ1) is 14.1. The van der Waals surface area contributed by atoms with Crippen molar-refractivity contribution in [3.05, 3.63) is 39.9 Å². The second-order valence-corrected chi connectivity index (χ2v) is 6.05. The van der Waals surface area contributed by atoms with Gasteiger partial charge in [-0.25, -0.2) is 0 Å². The van der Waals surface area contributed by atoms with Crippen molar-refractivity contribution in [2.75, 3.05) is 10.6 Å². The van der Waals surface area contributed by atoms with Gasteiger partial charge in [-0.15, -0.1) is 10.2 Å². The normalized spacial score (nSPS) is 10.5. The fourth-order valence-electron chi connectivity index (χ4n) is 1.54. The highest BCUT2D eigenvalue weighted by atomic mass is 79.9. The zero-order chi connectivity index (χ0) is 13.8. The summed E-state index contributed by atoms with van der Waals surface area (Å²) in [6.07, 6.45) is 0.817. The number of alkyl halides is 1. The fraction of sp³-hybridized carbons (Fsp3) is 0.308. The molecule has 1 heterocycles. The molecule has 0 aliphatic rings. The number of benzene rings is 1. The van der Waals surface area contributed by atoms with Gasteiger partial charge in [-0.2, -0.15) is 0 Å². The minimum Gasteiger partial charge on any atom is -0.296 e. The summed E-state index contributed by atoms with van der Waals surface area (Å²) in [7, 11) is 0. The molecule has 19 heavy (non-hydrogen) atoms. The second kappa shape index (κ2) is 6.25. The Morgan fingerprint density at radius 1 is 1.32 bits per heavy atom. The molecule has 0 bridgehead atoms. The lowest BCUT2D eigenvalue weighted by molar-refractivity contribution is 0.102. The monoisotopic (exact) mass is 339 g/mol. The van der Waals surface area contributed by atoms with Crippen molar-refractivity contribution in [2.45, 2.75) is 20.3 Å². The lowest BCUT2D eigenvalue weighted by Gasteiger charge is -2.04. The second-order valence-electron chi connectivity index (χ2n) is 4.19. The Balaban J connectivity index is 2.09. The Morgan fingerprint density at radius 3 is 2.79 bits per heavy atom. The Hall–Kier alpha value is -1.27. The molecule has 0 fully saturated rings. The number of nitrogens with zero attached hydrogens (tertiary/aromatic N) is 2. The third kappa shape index (κ3) is 3.61. The number of amides is 1. The number of hydrogen-bond donors (Lipinski definition) is 1. The average molecular weight is 340 g/mol. The Kier molecular flexibility index (Phi) is 4.66. The van der Waals surface area contributed by atoms with Crippen LogP contribution in [0.2, 0.25) is 0 Å². The van der Waals surface area contributed by atoms with Gasteiger partial charge in [-0.1, -0.05) is 33.3 Å². The summed E-state index contributed by atoms with van der Waals surface area (Å²) in [4.78, 5) is 12.1. The van der Waals surface area contributed by atoms with Gasteiger partial charge < -0.3 is 0 Å². The van der Waals surface area contributed by atoms with Crippen LogP contribution < -0.4 is 5.32 Å². The number of aromatic nitrogens is 2. The molecule has 0 spiro atoms. The van der Waals surface area contributed by atoms with Crippen molar-refractivity contribution >= 4 is 38.3 Å². The van der Waals surface area contributed by atoms with Crippen LogP contribution in [0.25, 0.3) is 0 Å². The van der Waals surface area contributed by atoms with Crippen LogP contribution in [0.5, 0.6) is 0 Å². The van der Waals surface area contributed by atoms with Gasteiger partial charge in [0.05, 0.1) is 0 Å². The first-order chi connectivity index (χ1) is 9.10. The van der Waals surface area contributed by atoms with Gasteiger partial charge in [0, 0.05) is 17.3 Å². The molecule has 0 saturated carbocycles. The first-order valence-electron chi connectivity index (χ1n) is 5.87. The largest absolute Gasteiger partial charge is 0.296 e. The molecule has 2 rings (SSSR count). The van der Waals surface area contributed by atoms with Crippen LogP contribution in [-0.2, 0) is 6.42 Å². The molecule has 0 saturated heterocycles. The van der Waals surface area contributed by atoms with Gasteiger partial charge in [-0.05, 0) is 37.1 Å². The van der Waals surface area contributed by atoms with Crippen molar-refractivity contribution in [1.82, 2.24) is 10.2 Å². The Bertz CT molecular complexity index is 597. The maximum absolute atomic E-state index is 12.1. The summed E-state index contributed by atoms with van der Waals surface area (Å²) >= 11 is 4.75. The number of carbonyl (C=O) groups excluding carboxylic acids is 1. The maximum Gasteiger partial charge on any atom is 0.257 e. The lowest BCUT2D eigenvalue weighted by atomic mass is 10.1. The summed E-state index contributed by atoms with van der Waals surface area (Å²) < 4.78 is 0. The maximum atomic E-state index is 12.1. The van der Waals surface area contributed by atoms with Crippen LogP contribution in [0.4, 0.5) is 5.13 Å². The number of halogens is 1. The zero-order valence-electron chi connectivity index (χ0n) is 10.7. The zero-order valence-corrected chi connectivity index (χ0v) is 13.1. The third-order valence-corrected chi connectivity index (χ3v) is 4.06. The van der Waals surface area contributed by atoms with E-state index in [0.29, 0.717) is 10.7 Å². The Morgan fingerprint density at radius 2 is 2.11 bits per heavy atom. The molecule has 0 atom stereocenters. The predicted molar refractivity (Wildman–Crippen MR) is 81.3 cm³/mol. The molecule has 0 aliphatic carbocycles. The van der Waals surface area contributed by atoms with E-state index in [2.05, 4.69) is 31.4 Å². The van der Waals surface area contributed by atoms with Crippen LogP contribution in [0.15, 0.2) is 18.2 Å². The van der Waals surface area contributed by atoms with E-state index in [4.69, 9.17) is 0 Å². The minimum atomic E-state index is -0.148. The van der Waals surface area contributed by atoms with Crippen LogP contribution in [-0.4, -0.2) is 21.4 Å². The molecular formula is C13H14BrN3OS. The third-order valence-electron chi connectivity index (χ3n) is 2.76. The SMILES string of the molecule is Cc1ccc(C(=O)Nc2nnc(CCBr)s2)cc1C. The standard InChI is InChI=1S/C13H14BrN3OS/c1-8-3-4-10(7-9(8)2)12(18)15-13-17-16-11(19-13)5-6-14/h3-4,7H,5-6H2,1-2H3,(H,15,17,18). The smallest absolute Gasteiger partial charge is 0.257 e. The molecular weight excluding hydrogens is 326 g/mol. The van der Waals surface area contributed by atoms with E-state index in [-0.39, 0.29) is 5.91 Å². The van der Waals surface area contributed by atoms with Crippen molar-refractivity contribution in [1.29, 1.82) is 0 Å². The number of anilines is 1. The van der Waals surface area contributed by atoms with Crippen LogP contribution in [0.1, 0.15) is 26.5 Å². The topological polar surface area (TPSA) is 54.9 Å². The molecule has 1 aromatic carbocycles. The Labute approximate surface area is 124 Å². The summed E-state index contributed by atoms with van der Waals surface area (Å²) in [6.45, 7) is 4.01. The van der Waals surface area contributed by atoms with Gasteiger partial charge in [0.25, 0.3) is 5.91 Å². The van der Waals surface area contributed by atoms with E-state index in [0.717, 1.165) is 22.3 Å². The molecule has 6 heteroatoms. The fourth-order valence-corrected chi connectivity index (χ4v) is 2.91. The van der Waals surface area contributed by atoms with Crippen molar-refractivity contribution in [3.63, 3.8) is 0 Å². The predicted octanol–water partition coefficient (Wildman–Crippen LogP) is 3.34. The van der Waals surface area contributed by atoms with Gasteiger partial charge in [0.2, 0.25) is 5.13 Å². The number of aryl methyl sites for hydroxylation is 3. The average Bonchev–Trinajstić information content (AvgIpc) is 2.80. The number of nitrogens with one attached hydrogen (secondary N) is 1. The van der Waals surface area contributed by atoms with Crippen LogP contribution in [0.3, 0.4) is 0 Å². The minimum absolute atomic E-state index is 0.148. The molecule has 1 N–H and O–H groups in total. The van der Waals surface area contributed by atoms with Crippen LogP contribution in [0, 0.1) is 13.8 Å². The number of rotatable bonds is 4. The van der Waals surface area contributed by atoms with Gasteiger partial charge in [-0.3, -0.25) is 10.1 Å². The van der Waals surface area contributed by atoms with Gasteiger partial charge >= 0.3 is 0 Å². The van der Waals surface area contributed by atoms with E-state index < -0.39 is 0 Å². The van der Waals surface area contributed by atoms with E-state index in [1.54, 1.807) is 0 Å². The van der Waals surface area contributed by atoms with Crippen molar-refractivity contribution in [3.8, 4) is 0 Å². The molecule has 0 radical (unpaired) electrons. The molecule has 100 valence electrons. The van der Waals surface area contributed by atoms with Crippen LogP contribution >= 0.6 is 27.3 Å². The van der Waals surface area contributed by atoms with Gasteiger partial charge in [0.15, 0.2) is 0 Å². The van der Waals surface area contributed by atoms with E-state index in [1.165, 1.54) is 16.9 Å². The highest BCUT2D eigenvalue weighted by Crippen LogP contribution is 2.18. The van der Waals surface area contributed by atoms with Crippen molar-refractivity contribution in [2.24, 2.45) is 0 Å². The number of hydrogen-bond acceptors (Lipinski definition) is 4. The highest BCUT2D eigenvalue weighted by molar-refractivity contribution is 9.09. The molecule has 1 aromatic heterocycles. The summed E-state index contributed by atoms with van der Waals surface area (Å²) in [5.74, 6) is -0.148. The molecule has 1 amide bonds. The molecule has 2 aromatic rings. The number of carbonyl (C=O) groups is 1. The van der Waals surface area contributed by atoms with E-state index >= 15 is 0 Å². The summed E-state index contributed by atoms with van der Waals surface area (Å²) in [5.41, 5.74) is 2.91. The van der Waals surface area contributed by atoms with Gasteiger partial charge in [0.1, 0.15) is 5.01 Å². The van der Waals surface area contributed by atoms with E-state index in [1.807, 2.05) is 32.0 Å². The quantitative estimate of drug-likeness (QED) is 0.869. The summed E-state index contributed by atoms with van der Waals surface area (Å²) in [5, 5.41) is 13.0.